The van der Waals surface area contributed by atoms with E-state index < -0.39 is 0 Å². The van der Waals surface area contributed by atoms with Crippen molar-refractivity contribution in [3.8, 4) is 131 Å². The second-order valence-corrected chi connectivity index (χ2v) is 35.6. The number of pyridine rings is 10. The summed E-state index contributed by atoms with van der Waals surface area (Å²) in [5, 5.41) is 23.0. The van der Waals surface area contributed by atoms with E-state index in [0.717, 1.165) is 92.5 Å². The van der Waals surface area contributed by atoms with Gasteiger partial charge in [0.15, 0.2) is 56.7 Å². The third-order valence-corrected chi connectivity index (χ3v) is 24.8. The molecule has 740 valence electrons. The van der Waals surface area contributed by atoms with Crippen molar-refractivity contribution in [2.45, 2.75) is 89.6 Å². The van der Waals surface area contributed by atoms with Crippen LogP contribution in [0.5, 0.6) is 28.9 Å². The summed E-state index contributed by atoms with van der Waals surface area (Å²) < 4.78 is 75.7. The van der Waals surface area contributed by atoms with Crippen LogP contribution in [-0.4, -0.2) is 241 Å². The fourth-order valence-electron chi connectivity index (χ4n) is 17.1. The number of carbonyl (C=O) groups is 4. The number of aromatic nitrogens is 10. The lowest BCUT2D eigenvalue weighted by Gasteiger charge is -2.24. The minimum absolute atomic E-state index is 0.00292. The standard InChI is InChI=1S/2C28H26N4O5.C27H26N6O3.C27H25N5O4/c1-32(2)28(33)17-4-5-22(24(13-17)34-3)25-14-23-26(37-25)21(6-9-30-23)19-12-18(15-29)27(31-16-19)36-20-7-10-35-11-8-20;1-32(2)28(33)17-4-5-20(25(14-17)34-3)26-15-22-27(37-26)19(8-11-30-22)21-6-7-24(23(16-29)31-21)36-18-9-12-35-13-10-18;1-16-13-17(27(34)33(3)4)15-30-24(16)23-14-22-25(36-23)19(7-10-29-22)20-5-6-21(26(28-2)32-20)31-18-8-11-35-12-9-18;1-16-13-17(27(33)32(3)4)15-30-24(16)23-14-21-25(36-23)19(7-10-29-21)20-5-6-22(26(28-2)31-20)35-18-8-11-34-12-9-18/h4-6,9,12-14,16,20H,7-8,10-11H2,1-3H3;4-8,11,14-15,18H,9-10,12-13H2,1-3H3;5-7,10,13-15,18,31H,8-9,11-12H2,1,3-4H3;5-7,10,13-15,18H,8-9,11-12H2,1,3-4H3. The molecule has 0 atom stereocenters. The number of benzene rings is 2. The van der Waals surface area contributed by atoms with Gasteiger partial charge in [-0.15, -0.1) is 9.97 Å². The molecule has 0 saturated carbocycles. The van der Waals surface area contributed by atoms with E-state index in [9.17, 15) is 29.7 Å². The predicted octanol–water partition coefficient (Wildman–Crippen LogP) is 19.6. The number of aryl methyl sites for hydroxylation is 2. The molecule has 0 bridgehead atoms. The van der Waals surface area contributed by atoms with Crippen LogP contribution in [0.4, 0.5) is 17.3 Å². The van der Waals surface area contributed by atoms with E-state index in [-0.39, 0.29) is 59.5 Å². The molecule has 4 aliphatic heterocycles. The molecular formula is C110H103N19O17. The lowest BCUT2D eigenvalue weighted by molar-refractivity contribution is 0.0235. The molecule has 146 heavy (non-hydrogen) atoms. The Bertz CT molecular complexity index is 7320. The number of carbonyl (C=O) groups excluding carboxylic acids is 4. The van der Waals surface area contributed by atoms with Gasteiger partial charge in [-0.2, -0.15) is 10.5 Å². The van der Waals surface area contributed by atoms with E-state index >= 15 is 0 Å². The fourth-order valence-corrected chi connectivity index (χ4v) is 17.1. The first-order valence-electron chi connectivity index (χ1n) is 47.2. The number of furan rings is 4. The molecule has 0 unspecified atom stereocenters. The Balaban J connectivity index is 0.000000133. The Morgan fingerprint density at radius 1 is 0.384 bits per heavy atom. The van der Waals surface area contributed by atoms with Crippen LogP contribution in [-0.2, 0) is 18.9 Å². The van der Waals surface area contributed by atoms with Crippen LogP contribution in [0.1, 0.15) is 115 Å². The number of anilines is 1. The van der Waals surface area contributed by atoms with Crippen molar-refractivity contribution < 1.29 is 79.5 Å². The molecular weight excluding hydrogens is 1860 g/mol. The molecule has 4 aliphatic rings. The average Bonchev–Trinajstić information content (AvgIpc) is 1.63. The van der Waals surface area contributed by atoms with Crippen LogP contribution < -0.4 is 29.0 Å². The van der Waals surface area contributed by atoms with E-state index in [4.69, 9.17) is 73.4 Å². The summed E-state index contributed by atoms with van der Waals surface area (Å²) in [4.78, 5) is 108. The SMILES string of the molecule is COc1cc(C(=O)N(C)C)ccc1-c1cc2nccc(-c3ccc(OC4CCOCC4)c(C#N)n3)c2o1.COc1cc(C(=O)N(C)C)ccc1-c1cc2nccc(-c3cnc(OC4CCOCC4)c(C#N)c3)c2o1.[C-]#[N+]c1nc(-c2ccnc3cc(-c4ncc(C(=O)N(C)C)cc4C)oc23)ccc1NC1CCOCC1.[C-]#[N+]c1nc(-c2ccnc3cc(-c4ncc(C(=O)N(C)C)cc4C)oc23)ccc1OC1CCOCC1. The molecule has 2 aromatic carbocycles. The highest BCUT2D eigenvalue weighted by atomic mass is 16.5. The zero-order valence-electron chi connectivity index (χ0n) is 82.4. The molecule has 1 N–H and O–H groups in total. The second kappa shape index (κ2) is 45.2. The zero-order valence-corrected chi connectivity index (χ0v) is 82.4. The van der Waals surface area contributed by atoms with Gasteiger partial charge in [0.1, 0.15) is 98.2 Å². The van der Waals surface area contributed by atoms with E-state index in [2.05, 4.69) is 77.0 Å². The van der Waals surface area contributed by atoms with Crippen LogP contribution in [0.3, 0.4) is 0 Å². The quantitative estimate of drug-likeness (QED) is 0.0616. The van der Waals surface area contributed by atoms with Crippen molar-refractivity contribution in [2.75, 3.05) is 129 Å². The fraction of sp³-hybridized carbons (Fsp3) is 0.291. The van der Waals surface area contributed by atoms with Crippen LogP contribution >= 0.6 is 0 Å². The summed E-state index contributed by atoms with van der Waals surface area (Å²) in [6.45, 7) is 24.4. The highest BCUT2D eigenvalue weighted by molar-refractivity contribution is 6.01. The van der Waals surface area contributed by atoms with Crippen molar-refractivity contribution in [2.24, 2.45) is 0 Å². The molecule has 0 aliphatic carbocycles. The summed E-state index contributed by atoms with van der Waals surface area (Å²) in [5.74, 6) is 4.49. The molecule has 18 heterocycles. The number of amides is 4. The number of hydrogen-bond acceptors (Lipinski definition) is 30. The van der Waals surface area contributed by atoms with Gasteiger partial charge in [0.05, 0.1) is 98.6 Å². The smallest absolute Gasteiger partial charge is 0.312 e. The molecule has 20 rings (SSSR count). The maximum atomic E-state index is 12.4. The summed E-state index contributed by atoms with van der Waals surface area (Å²) in [6, 6.07) is 46.0. The monoisotopic (exact) mass is 1960 g/mol. The number of nitrogens with zero attached hydrogens (tertiary/aromatic N) is 18. The minimum Gasteiger partial charge on any atom is -0.499 e. The second-order valence-electron chi connectivity index (χ2n) is 35.6. The molecule has 0 spiro atoms. The van der Waals surface area contributed by atoms with Crippen LogP contribution in [0.2, 0.25) is 0 Å². The predicted molar refractivity (Wildman–Crippen MR) is 544 cm³/mol. The van der Waals surface area contributed by atoms with Gasteiger partial charge in [-0.3, -0.25) is 49.1 Å². The van der Waals surface area contributed by atoms with Gasteiger partial charge >= 0.3 is 5.82 Å². The number of ether oxygens (including phenoxy) is 9. The summed E-state index contributed by atoms with van der Waals surface area (Å²) in [7, 11) is 16.7. The normalized spacial score (nSPS) is 13.9. The number of nitrogens with one attached hydrogen (secondary N) is 1. The number of nitriles is 2. The Morgan fingerprint density at radius 2 is 0.767 bits per heavy atom. The number of hydrogen-bond donors (Lipinski definition) is 1. The first kappa shape index (κ1) is 100. The first-order valence-corrected chi connectivity index (χ1v) is 47.2. The van der Waals surface area contributed by atoms with E-state index in [1.54, 1.807) is 187 Å². The van der Waals surface area contributed by atoms with Gasteiger partial charge in [-0.1, -0.05) is 13.1 Å². The van der Waals surface area contributed by atoms with E-state index in [1.165, 1.54) is 19.6 Å². The van der Waals surface area contributed by atoms with Gasteiger partial charge in [-0.05, 0) is 153 Å². The van der Waals surface area contributed by atoms with Crippen molar-refractivity contribution in [3.63, 3.8) is 0 Å². The molecule has 4 fully saturated rings. The van der Waals surface area contributed by atoms with Crippen LogP contribution in [0.25, 0.3) is 145 Å². The summed E-state index contributed by atoms with van der Waals surface area (Å²) in [5.41, 5.74) is 17.8. The van der Waals surface area contributed by atoms with Crippen molar-refractivity contribution in [1.29, 1.82) is 10.5 Å². The third-order valence-electron chi connectivity index (χ3n) is 24.8. The zero-order chi connectivity index (χ0) is 102. The highest BCUT2D eigenvalue weighted by Gasteiger charge is 2.30. The Morgan fingerprint density at radius 3 is 1.19 bits per heavy atom. The first-order chi connectivity index (χ1) is 70.8. The van der Waals surface area contributed by atoms with Crippen molar-refractivity contribution in [1.82, 2.24) is 69.4 Å². The van der Waals surface area contributed by atoms with Gasteiger partial charge in [0.25, 0.3) is 29.4 Å². The Hall–Kier alpha value is -17.4. The summed E-state index contributed by atoms with van der Waals surface area (Å²) in [6.07, 6.45) is 18.0. The number of fused-ring (bicyclic) bond motifs is 4. The maximum Gasteiger partial charge on any atom is 0.312 e. The van der Waals surface area contributed by atoms with Crippen LogP contribution in [0, 0.1) is 49.7 Å². The lowest BCUT2D eigenvalue weighted by atomic mass is 10.1. The third kappa shape index (κ3) is 22.4. The van der Waals surface area contributed by atoms with Gasteiger partial charge < -0.3 is 94.9 Å². The number of rotatable bonds is 22. The Labute approximate surface area is 840 Å². The Kier molecular flexibility index (Phi) is 31.0. The van der Waals surface area contributed by atoms with Crippen molar-refractivity contribution in [3.05, 3.63) is 250 Å². The lowest BCUT2D eigenvalue weighted by Crippen LogP contribution is -2.27. The topological polar surface area (TPSA) is 414 Å². The molecule has 0 radical (unpaired) electrons. The van der Waals surface area contributed by atoms with Gasteiger partial charge in [0, 0.05) is 210 Å². The van der Waals surface area contributed by atoms with E-state index in [0.29, 0.717) is 226 Å². The van der Waals surface area contributed by atoms with E-state index in [1.807, 2.05) is 80.6 Å². The molecule has 36 heteroatoms. The highest BCUT2D eigenvalue weighted by Crippen LogP contribution is 2.45. The molecule has 4 saturated heterocycles. The maximum absolute atomic E-state index is 12.4. The number of methoxy groups -OCH3 is 2. The largest absolute Gasteiger partial charge is 0.499 e. The average molecular weight is 1960 g/mol. The molecule has 16 aromatic rings. The molecule has 36 nitrogen and oxygen atoms in total. The molecule has 4 amide bonds. The molecule has 14 aromatic heterocycles. The van der Waals surface area contributed by atoms with Crippen molar-refractivity contribution >= 4 is 85.4 Å². The summed E-state index contributed by atoms with van der Waals surface area (Å²) >= 11 is 0. The van der Waals surface area contributed by atoms with Gasteiger partial charge in [-0.25, -0.2) is 9.97 Å². The van der Waals surface area contributed by atoms with Gasteiger partial charge in [0.2, 0.25) is 5.88 Å². The van der Waals surface area contributed by atoms with Crippen LogP contribution in [0.15, 0.2) is 201 Å². The minimum atomic E-state index is -0.123.